The van der Waals surface area contributed by atoms with Crippen molar-refractivity contribution in [1.29, 1.82) is 0 Å². The molecule has 110 valence electrons. The molecule has 0 unspecified atom stereocenters. The van der Waals surface area contributed by atoms with Gasteiger partial charge in [0.2, 0.25) is 0 Å². The van der Waals surface area contributed by atoms with E-state index in [1.165, 1.54) is 35.4 Å². The van der Waals surface area contributed by atoms with Crippen LogP contribution in [0.15, 0.2) is 36.4 Å². The topological polar surface area (TPSA) is 14.2 Å². The molecule has 0 bridgehead atoms. The van der Waals surface area contributed by atoms with Crippen LogP contribution in [0.3, 0.4) is 0 Å². The van der Waals surface area contributed by atoms with E-state index in [1.54, 1.807) is 7.11 Å². The summed E-state index contributed by atoms with van der Waals surface area (Å²) in [7, 11) is 1.76. The van der Waals surface area contributed by atoms with Gasteiger partial charge in [0.25, 0.3) is 0 Å². The molecule has 2 nitrogen and oxygen atoms in total. The Bertz CT molecular complexity index is 676. The van der Waals surface area contributed by atoms with E-state index in [0.29, 0.717) is 0 Å². The number of fused-ring (bicyclic) bond motifs is 1. The second kappa shape index (κ2) is 6.54. The molecule has 3 heteroatoms. The Balaban J connectivity index is 2.18. The van der Waals surface area contributed by atoms with Crippen molar-refractivity contribution < 1.29 is 4.74 Å². The third-order valence-corrected chi connectivity index (χ3v) is 4.57. The summed E-state index contributed by atoms with van der Waals surface area (Å²) in [5.74, 6) is 0. The molecule has 0 amide bonds. The first-order valence-corrected chi connectivity index (χ1v) is 8.02. The van der Waals surface area contributed by atoms with Gasteiger partial charge in [0, 0.05) is 29.6 Å². The van der Waals surface area contributed by atoms with Gasteiger partial charge in [-0.1, -0.05) is 42.5 Å². The predicted molar refractivity (Wildman–Crippen MR) is 89.2 cm³/mol. The van der Waals surface area contributed by atoms with Crippen LogP contribution in [0.2, 0.25) is 0 Å². The second-order valence-electron chi connectivity index (χ2n) is 5.54. The summed E-state index contributed by atoms with van der Waals surface area (Å²) in [5, 5.41) is 0. The summed E-state index contributed by atoms with van der Waals surface area (Å²) < 4.78 is 8.76. The zero-order valence-corrected chi connectivity index (χ0v) is 13.3. The fourth-order valence-electron chi connectivity index (χ4n) is 3.17. The minimum absolute atomic E-state index is 0.730. The lowest BCUT2D eigenvalue weighted by molar-refractivity contribution is 0.186. The number of hydrogen-bond acceptors (Lipinski definition) is 2. The van der Waals surface area contributed by atoms with Gasteiger partial charge in [-0.2, -0.15) is 0 Å². The van der Waals surface area contributed by atoms with Crippen molar-refractivity contribution in [2.75, 3.05) is 13.7 Å². The zero-order valence-electron chi connectivity index (χ0n) is 12.5. The molecule has 3 rings (SSSR count). The van der Waals surface area contributed by atoms with E-state index < -0.39 is 0 Å². The smallest absolute Gasteiger partial charge is 0.0642 e. The summed E-state index contributed by atoms with van der Waals surface area (Å²) in [6.07, 6.45) is 4.76. The number of methoxy groups -OCH3 is 1. The standard InChI is InChI=1S/C18H21NOS/c1-20-12-11-19-16-10-6-5-9-15(16)18(21)13-17(19)14-7-3-2-4-8-14/h2-4,7-8,13H,5-6,9-12H2,1H3. The van der Waals surface area contributed by atoms with Gasteiger partial charge < -0.3 is 9.30 Å². The van der Waals surface area contributed by atoms with E-state index in [-0.39, 0.29) is 0 Å². The zero-order chi connectivity index (χ0) is 14.7. The molecule has 0 fully saturated rings. The molecule has 1 aromatic heterocycles. The highest BCUT2D eigenvalue weighted by Crippen LogP contribution is 2.29. The van der Waals surface area contributed by atoms with Crippen molar-refractivity contribution in [2.24, 2.45) is 0 Å². The molecule has 0 radical (unpaired) electrons. The highest BCUT2D eigenvalue weighted by atomic mass is 32.1. The molecular formula is C18H21NOS. The maximum Gasteiger partial charge on any atom is 0.0642 e. The summed E-state index contributed by atoms with van der Waals surface area (Å²) >= 11 is 5.65. The molecule has 1 aromatic carbocycles. The number of aromatic nitrogens is 1. The van der Waals surface area contributed by atoms with Gasteiger partial charge in [0.05, 0.1) is 6.61 Å². The first-order chi connectivity index (χ1) is 10.3. The fraction of sp³-hybridized carbons (Fsp3) is 0.389. The third-order valence-electron chi connectivity index (χ3n) is 4.21. The van der Waals surface area contributed by atoms with Gasteiger partial charge in [-0.05, 0) is 42.9 Å². The van der Waals surface area contributed by atoms with Gasteiger partial charge in [-0.3, -0.25) is 0 Å². The van der Waals surface area contributed by atoms with Crippen LogP contribution in [0.25, 0.3) is 11.3 Å². The molecule has 1 aliphatic carbocycles. The van der Waals surface area contributed by atoms with Crippen LogP contribution >= 0.6 is 12.2 Å². The molecule has 1 aliphatic rings. The van der Waals surface area contributed by atoms with Crippen LogP contribution < -0.4 is 0 Å². The average Bonchev–Trinajstić information content (AvgIpc) is 2.55. The minimum atomic E-state index is 0.730. The minimum Gasteiger partial charge on any atom is -0.383 e. The summed E-state index contributed by atoms with van der Waals surface area (Å²) in [5.41, 5.74) is 5.25. The van der Waals surface area contributed by atoms with Crippen molar-refractivity contribution in [2.45, 2.75) is 32.2 Å². The average molecular weight is 299 g/mol. The summed E-state index contributed by atoms with van der Waals surface area (Å²) in [4.78, 5) is 0. The van der Waals surface area contributed by atoms with Gasteiger partial charge in [-0.25, -0.2) is 0 Å². The highest BCUT2D eigenvalue weighted by Gasteiger charge is 2.17. The normalized spacial score (nSPS) is 14.0. The first-order valence-electron chi connectivity index (χ1n) is 7.61. The Kier molecular flexibility index (Phi) is 4.51. The first kappa shape index (κ1) is 14.5. The number of ether oxygens (including phenoxy) is 1. The van der Waals surface area contributed by atoms with Crippen molar-refractivity contribution in [3.05, 3.63) is 52.2 Å². The number of benzene rings is 1. The van der Waals surface area contributed by atoms with Crippen LogP contribution in [0.5, 0.6) is 0 Å². The van der Waals surface area contributed by atoms with E-state index in [1.807, 2.05) is 0 Å². The van der Waals surface area contributed by atoms with Gasteiger partial charge in [0.15, 0.2) is 0 Å². The molecule has 0 spiro atoms. The third kappa shape index (κ3) is 2.94. The molecule has 0 aliphatic heterocycles. The lowest BCUT2D eigenvalue weighted by Crippen LogP contribution is -2.18. The number of pyridine rings is 1. The van der Waals surface area contributed by atoms with Gasteiger partial charge in [-0.15, -0.1) is 0 Å². The fourth-order valence-corrected chi connectivity index (χ4v) is 3.50. The van der Waals surface area contributed by atoms with Gasteiger partial charge in [0.1, 0.15) is 0 Å². The van der Waals surface area contributed by atoms with E-state index in [2.05, 4.69) is 41.0 Å². The Hall–Kier alpha value is -1.45. The van der Waals surface area contributed by atoms with Crippen molar-refractivity contribution >= 4 is 12.2 Å². The molecule has 0 N–H and O–H groups in total. The van der Waals surface area contributed by atoms with Crippen molar-refractivity contribution in [1.82, 2.24) is 4.57 Å². The quantitative estimate of drug-likeness (QED) is 0.776. The van der Waals surface area contributed by atoms with E-state index >= 15 is 0 Å². The molecule has 2 aromatic rings. The number of hydrogen-bond donors (Lipinski definition) is 0. The molecule has 0 atom stereocenters. The Morgan fingerprint density at radius 2 is 1.90 bits per heavy atom. The van der Waals surface area contributed by atoms with Crippen molar-refractivity contribution in [3.63, 3.8) is 0 Å². The predicted octanol–water partition coefficient (Wildman–Crippen LogP) is 4.41. The molecule has 21 heavy (non-hydrogen) atoms. The maximum atomic E-state index is 5.65. The number of nitrogens with zero attached hydrogens (tertiary/aromatic N) is 1. The Morgan fingerprint density at radius 3 is 2.67 bits per heavy atom. The molecule has 1 heterocycles. The van der Waals surface area contributed by atoms with Crippen LogP contribution in [-0.4, -0.2) is 18.3 Å². The lowest BCUT2D eigenvalue weighted by Gasteiger charge is -2.25. The second-order valence-corrected chi connectivity index (χ2v) is 5.98. The van der Waals surface area contributed by atoms with E-state index in [4.69, 9.17) is 17.0 Å². The highest BCUT2D eigenvalue weighted by molar-refractivity contribution is 7.71. The van der Waals surface area contributed by atoms with Crippen LogP contribution in [-0.2, 0) is 24.1 Å². The monoisotopic (exact) mass is 299 g/mol. The van der Waals surface area contributed by atoms with Crippen LogP contribution in [0, 0.1) is 4.51 Å². The van der Waals surface area contributed by atoms with Crippen LogP contribution in [0.4, 0.5) is 0 Å². The van der Waals surface area contributed by atoms with Gasteiger partial charge >= 0.3 is 0 Å². The van der Waals surface area contributed by atoms with Crippen LogP contribution in [0.1, 0.15) is 24.1 Å². The van der Waals surface area contributed by atoms with E-state index in [0.717, 1.165) is 30.5 Å². The number of rotatable bonds is 4. The molecule has 0 saturated heterocycles. The molecular weight excluding hydrogens is 278 g/mol. The molecule has 0 saturated carbocycles. The summed E-state index contributed by atoms with van der Waals surface area (Å²) in [6.45, 7) is 1.62. The maximum absolute atomic E-state index is 5.65. The lowest BCUT2D eigenvalue weighted by atomic mass is 9.94. The van der Waals surface area contributed by atoms with Crippen molar-refractivity contribution in [3.8, 4) is 11.3 Å². The Labute approximate surface area is 131 Å². The largest absolute Gasteiger partial charge is 0.383 e. The summed E-state index contributed by atoms with van der Waals surface area (Å²) in [6, 6.07) is 12.7. The SMILES string of the molecule is COCCn1c(-c2ccccc2)cc(=S)c2c1CCCC2. The Morgan fingerprint density at radius 1 is 1.14 bits per heavy atom. The van der Waals surface area contributed by atoms with E-state index in [9.17, 15) is 0 Å².